The van der Waals surface area contributed by atoms with E-state index in [1.54, 1.807) is 13.2 Å². The van der Waals surface area contributed by atoms with Crippen LogP contribution in [0, 0.1) is 6.92 Å². The molecule has 0 spiro atoms. The highest BCUT2D eigenvalue weighted by Gasteiger charge is 2.17. The number of hydrogen-bond acceptors (Lipinski definition) is 5. The molecule has 32 heavy (non-hydrogen) atoms. The first-order valence-corrected chi connectivity index (χ1v) is 11.2. The van der Waals surface area contributed by atoms with Crippen molar-refractivity contribution in [1.29, 1.82) is 0 Å². The van der Waals surface area contributed by atoms with Gasteiger partial charge in [0, 0.05) is 42.8 Å². The molecule has 1 amide bonds. The van der Waals surface area contributed by atoms with Crippen LogP contribution >= 0.6 is 11.8 Å². The predicted octanol–water partition coefficient (Wildman–Crippen LogP) is 4.24. The number of benzene rings is 2. The number of rotatable bonds is 8. The molecule has 1 N–H and O–H groups in total. The Kier molecular flexibility index (Phi) is 6.61. The van der Waals surface area contributed by atoms with E-state index in [2.05, 4.69) is 45.2 Å². The Bertz CT molecular complexity index is 1210. The highest BCUT2D eigenvalue weighted by molar-refractivity contribution is 7.99. The quantitative estimate of drug-likeness (QED) is 0.409. The minimum absolute atomic E-state index is 0.120. The topological polar surface area (TPSA) is 74.0 Å². The van der Waals surface area contributed by atoms with Crippen molar-refractivity contribution in [3.63, 3.8) is 0 Å². The van der Waals surface area contributed by atoms with Crippen LogP contribution in [-0.4, -0.2) is 38.1 Å². The van der Waals surface area contributed by atoms with Crippen LogP contribution in [0.5, 0.6) is 5.75 Å². The number of methoxy groups -OCH3 is 1. The fourth-order valence-electron chi connectivity index (χ4n) is 3.33. The number of nitrogens with zero attached hydrogens (tertiary/aromatic N) is 4. The number of nitrogens with one attached hydrogen (secondary N) is 1. The third-order valence-corrected chi connectivity index (χ3v) is 6.00. The van der Waals surface area contributed by atoms with E-state index in [4.69, 9.17) is 4.74 Å². The summed E-state index contributed by atoms with van der Waals surface area (Å²) in [5.74, 6) is 1.61. The number of ether oxygens (including phenoxy) is 1. The Labute approximate surface area is 191 Å². The van der Waals surface area contributed by atoms with E-state index < -0.39 is 0 Å². The normalized spacial score (nSPS) is 10.8. The summed E-state index contributed by atoms with van der Waals surface area (Å²) >= 11 is 1.36. The number of anilines is 1. The molecule has 0 saturated carbocycles. The van der Waals surface area contributed by atoms with Crippen molar-refractivity contribution >= 4 is 23.4 Å². The number of aryl methyl sites for hydroxylation is 2. The van der Waals surface area contributed by atoms with Crippen molar-refractivity contribution in [1.82, 2.24) is 19.3 Å². The Hall–Kier alpha value is -3.52. The monoisotopic (exact) mass is 447 g/mol. The van der Waals surface area contributed by atoms with Gasteiger partial charge < -0.3 is 14.6 Å². The summed E-state index contributed by atoms with van der Waals surface area (Å²) in [6.07, 6.45) is 2.65. The van der Waals surface area contributed by atoms with E-state index in [1.165, 1.54) is 17.3 Å². The average Bonchev–Trinajstić information content (AvgIpc) is 3.39. The molecule has 2 heterocycles. The predicted molar refractivity (Wildman–Crippen MR) is 127 cm³/mol. The molecular formula is C24H25N5O2S. The summed E-state index contributed by atoms with van der Waals surface area (Å²) in [6.45, 7) is 2.05. The smallest absolute Gasteiger partial charge is 0.234 e. The minimum Gasteiger partial charge on any atom is -0.497 e. The SMILES string of the molecule is COc1cccc(NC(=O)CSc2nnc(Cc3cccn3C)n2-c2ccc(C)cc2)c1. The fourth-order valence-corrected chi connectivity index (χ4v) is 4.10. The molecule has 0 fully saturated rings. The molecule has 0 radical (unpaired) electrons. The number of amides is 1. The fraction of sp³-hybridized carbons (Fsp3) is 0.208. The Morgan fingerprint density at radius 2 is 1.91 bits per heavy atom. The largest absolute Gasteiger partial charge is 0.497 e. The van der Waals surface area contributed by atoms with Gasteiger partial charge in [-0.1, -0.05) is 35.5 Å². The van der Waals surface area contributed by atoms with Gasteiger partial charge in [-0.15, -0.1) is 10.2 Å². The van der Waals surface area contributed by atoms with Gasteiger partial charge in [-0.05, 0) is 43.3 Å². The highest BCUT2D eigenvalue weighted by atomic mass is 32.2. The maximum atomic E-state index is 12.6. The van der Waals surface area contributed by atoms with Gasteiger partial charge in [0.2, 0.25) is 5.91 Å². The molecule has 0 aliphatic carbocycles. The molecule has 4 aromatic rings. The first-order chi connectivity index (χ1) is 15.5. The van der Waals surface area contributed by atoms with Crippen molar-refractivity contribution in [2.75, 3.05) is 18.2 Å². The molecule has 8 heteroatoms. The third-order valence-electron chi connectivity index (χ3n) is 5.07. The van der Waals surface area contributed by atoms with E-state index in [0.717, 1.165) is 17.2 Å². The minimum atomic E-state index is -0.120. The van der Waals surface area contributed by atoms with Crippen molar-refractivity contribution in [3.05, 3.63) is 83.9 Å². The molecule has 0 bridgehead atoms. The van der Waals surface area contributed by atoms with E-state index in [1.807, 2.05) is 54.2 Å². The van der Waals surface area contributed by atoms with Crippen LogP contribution in [0.4, 0.5) is 5.69 Å². The summed E-state index contributed by atoms with van der Waals surface area (Å²) in [6, 6.07) is 19.6. The molecule has 164 valence electrons. The Morgan fingerprint density at radius 3 is 2.62 bits per heavy atom. The second kappa shape index (κ2) is 9.74. The molecule has 0 atom stereocenters. The van der Waals surface area contributed by atoms with Gasteiger partial charge in [-0.25, -0.2) is 0 Å². The van der Waals surface area contributed by atoms with Gasteiger partial charge in [-0.3, -0.25) is 9.36 Å². The number of hydrogen-bond donors (Lipinski definition) is 1. The lowest BCUT2D eigenvalue weighted by molar-refractivity contribution is -0.113. The van der Waals surface area contributed by atoms with Crippen LogP contribution in [0.2, 0.25) is 0 Å². The maximum Gasteiger partial charge on any atom is 0.234 e. The number of carbonyl (C=O) groups is 1. The molecule has 0 saturated heterocycles. The summed E-state index contributed by atoms with van der Waals surface area (Å²) in [7, 11) is 3.61. The lowest BCUT2D eigenvalue weighted by atomic mass is 10.2. The molecule has 4 rings (SSSR count). The van der Waals surface area contributed by atoms with Crippen LogP contribution < -0.4 is 10.1 Å². The Morgan fingerprint density at radius 1 is 1.09 bits per heavy atom. The molecule has 0 unspecified atom stereocenters. The van der Waals surface area contributed by atoms with Gasteiger partial charge in [-0.2, -0.15) is 0 Å². The summed E-state index contributed by atoms with van der Waals surface area (Å²) in [4.78, 5) is 12.6. The van der Waals surface area contributed by atoms with Crippen LogP contribution in [0.15, 0.2) is 72.0 Å². The van der Waals surface area contributed by atoms with Gasteiger partial charge in [0.25, 0.3) is 0 Å². The van der Waals surface area contributed by atoms with Crippen molar-refractivity contribution < 1.29 is 9.53 Å². The molecule has 2 aromatic carbocycles. The van der Waals surface area contributed by atoms with Gasteiger partial charge in [0.15, 0.2) is 5.16 Å². The van der Waals surface area contributed by atoms with Gasteiger partial charge in [0.05, 0.1) is 12.9 Å². The lowest BCUT2D eigenvalue weighted by Gasteiger charge is -2.11. The van der Waals surface area contributed by atoms with E-state index >= 15 is 0 Å². The number of carbonyl (C=O) groups excluding carboxylic acids is 1. The molecule has 0 aliphatic heterocycles. The van der Waals surface area contributed by atoms with E-state index in [0.29, 0.717) is 23.0 Å². The highest BCUT2D eigenvalue weighted by Crippen LogP contribution is 2.24. The zero-order chi connectivity index (χ0) is 22.5. The summed E-state index contributed by atoms with van der Waals surface area (Å²) in [5.41, 5.74) is 3.98. The van der Waals surface area contributed by atoms with Gasteiger partial charge >= 0.3 is 0 Å². The van der Waals surface area contributed by atoms with Gasteiger partial charge in [0.1, 0.15) is 11.6 Å². The third kappa shape index (κ3) is 5.03. The first-order valence-electron chi connectivity index (χ1n) is 10.2. The Balaban J connectivity index is 1.54. The number of aromatic nitrogens is 4. The lowest BCUT2D eigenvalue weighted by Crippen LogP contribution is -2.14. The average molecular weight is 448 g/mol. The molecule has 7 nitrogen and oxygen atoms in total. The van der Waals surface area contributed by atoms with Crippen molar-refractivity contribution in [3.8, 4) is 11.4 Å². The summed E-state index contributed by atoms with van der Waals surface area (Å²) < 4.78 is 9.31. The van der Waals surface area contributed by atoms with Crippen molar-refractivity contribution in [2.45, 2.75) is 18.5 Å². The summed E-state index contributed by atoms with van der Waals surface area (Å²) in [5, 5.41) is 12.4. The van der Waals surface area contributed by atoms with Crippen LogP contribution in [0.25, 0.3) is 5.69 Å². The van der Waals surface area contributed by atoms with Crippen LogP contribution in [0.1, 0.15) is 17.1 Å². The zero-order valence-electron chi connectivity index (χ0n) is 18.3. The first kappa shape index (κ1) is 21.7. The molecule has 2 aromatic heterocycles. The maximum absolute atomic E-state index is 12.6. The second-order valence-corrected chi connectivity index (χ2v) is 8.37. The molecular weight excluding hydrogens is 422 g/mol. The van der Waals surface area contributed by atoms with Crippen LogP contribution in [-0.2, 0) is 18.3 Å². The van der Waals surface area contributed by atoms with E-state index in [-0.39, 0.29) is 11.7 Å². The number of thioether (sulfide) groups is 1. The zero-order valence-corrected chi connectivity index (χ0v) is 19.1. The van der Waals surface area contributed by atoms with Crippen LogP contribution in [0.3, 0.4) is 0 Å². The molecule has 0 aliphatic rings. The second-order valence-electron chi connectivity index (χ2n) is 7.43. The van der Waals surface area contributed by atoms with E-state index in [9.17, 15) is 4.79 Å². The standard InChI is InChI=1S/C24H25N5O2S/c1-17-9-11-19(12-10-17)29-22(15-20-7-5-13-28(20)2)26-27-24(29)32-16-23(30)25-18-6-4-8-21(14-18)31-3/h4-14H,15-16H2,1-3H3,(H,25,30). The van der Waals surface area contributed by atoms with Crippen molar-refractivity contribution in [2.24, 2.45) is 7.05 Å².